The first-order valence-electron chi connectivity index (χ1n) is 12.3. The molecule has 0 saturated carbocycles. The molecular formula is C31H24FN3O2S. The summed E-state index contributed by atoms with van der Waals surface area (Å²) in [6.45, 7) is 2.04. The van der Waals surface area contributed by atoms with Crippen LogP contribution in [0.15, 0.2) is 114 Å². The summed E-state index contributed by atoms with van der Waals surface area (Å²) in [5, 5.41) is 4.00. The second-order valence-electron chi connectivity index (χ2n) is 9.11. The number of pyridine rings is 1. The van der Waals surface area contributed by atoms with E-state index in [1.807, 2.05) is 90.7 Å². The van der Waals surface area contributed by atoms with Gasteiger partial charge in [0.15, 0.2) is 5.11 Å². The maximum absolute atomic E-state index is 13.5. The minimum Gasteiger partial charge on any atom is -0.459 e. The summed E-state index contributed by atoms with van der Waals surface area (Å²) < 4.78 is 25.8. The van der Waals surface area contributed by atoms with Crippen LogP contribution in [-0.2, 0) is 0 Å². The van der Waals surface area contributed by atoms with E-state index in [9.17, 15) is 4.39 Å². The maximum atomic E-state index is 13.5. The van der Waals surface area contributed by atoms with Gasteiger partial charge < -0.3 is 19.4 Å². The van der Waals surface area contributed by atoms with Gasteiger partial charge in [-0.05, 0) is 104 Å². The van der Waals surface area contributed by atoms with E-state index in [0.717, 1.165) is 28.4 Å². The molecule has 0 spiro atoms. The molecule has 0 radical (unpaired) electrons. The lowest BCUT2D eigenvalue weighted by molar-refractivity contribution is 0.439. The lowest BCUT2D eigenvalue weighted by atomic mass is 10.0. The molecule has 1 aliphatic rings. The fourth-order valence-electron chi connectivity index (χ4n) is 4.62. The van der Waals surface area contributed by atoms with Gasteiger partial charge in [0.2, 0.25) is 0 Å². The van der Waals surface area contributed by atoms with Crippen LogP contribution in [0.2, 0.25) is 0 Å². The monoisotopic (exact) mass is 521 g/mol. The minimum atomic E-state index is -0.296. The zero-order chi connectivity index (χ0) is 26.1. The number of aryl methyl sites for hydroxylation is 1. The Bertz CT molecular complexity index is 1550. The van der Waals surface area contributed by atoms with Crippen molar-refractivity contribution in [2.45, 2.75) is 19.0 Å². The van der Waals surface area contributed by atoms with Crippen LogP contribution in [0.5, 0.6) is 11.5 Å². The van der Waals surface area contributed by atoms with Crippen molar-refractivity contribution in [3.63, 3.8) is 0 Å². The molecule has 2 atom stereocenters. The highest BCUT2D eigenvalue weighted by molar-refractivity contribution is 7.80. The fourth-order valence-corrected chi connectivity index (χ4v) is 4.97. The molecule has 2 aromatic heterocycles. The number of hydrogen-bond donors (Lipinski definition) is 1. The number of nitrogens with one attached hydrogen (secondary N) is 1. The molecule has 5 aromatic rings. The van der Waals surface area contributed by atoms with E-state index < -0.39 is 0 Å². The fraction of sp³-hybridized carbons (Fsp3) is 0.0968. The van der Waals surface area contributed by atoms with Gasteiger partial charge in [-0.3, -0.25) is 4.98 Å². The molecule has 38 heavy (non-hydrogen) atoms. The Morgan fingerprint density at radius 1 is 0.868 bits per heavy atom. The lowest BCUT2D eigenvalue weighted by Gasteiger charge is -2.26. The summed E-state index contributed by atoms with van der Waals surface area (Å²) in [7, 11) is 0. The number of anilines is 1. The first-order valence-corrected chi connectivity index (χ1v) is 12.7. The molecule has 188 valence electrons. The van der Waals surface area contributed by atoms with Gasteiger partial charge in [0.05, 0.1) is 11.7 Å². The molecule has 7 heteroatoms. The van der Waals surface area contributed by atoms with E-state index in [2.05, 4.69) is 10.3 Å². The van der Waals surface area contributed by atoms with Gasteiger partial charge in [0.25, 0.3) is 0 Å². The number of nitrogens with zero attached hydrogens (tertiary/aromatic N) is 2. The number of halogens is 1. The normalized spacial score (nSPS) is 16.9. The summed E-state index contributed by atoms with van der Waals surface area (Å²) in [5.74, 6) is 2.58. The summed E-state index contributed by atoms with van der Waals surface area (Å²) in [6, 6.07) is 31.1. The predicted molar refractivity (Wildman–Crippen MR) is 150 cm³/mol. The molecule has 6 rings (SSSR count). The molecule has 3 aromatic carbocycles. The highest BCUT2D eigenvalue weighted by Crippen LogP contribution is 2.43. The third-order valence-electron chi connectivity index (χ3n) is 6.52. The Morgan fingerprint density at radius 3 is 2.26 bits per heavy atom. The quantitative estimate of drug-likeness (QED) is 0.231. The largest absolute Gasteiger partial charge is 0.459 e. The Morgan fingerprint density at radius 2 is 1.58 bits per heavy atom. The molecule has 1 fully saturated rings. The first-order chi connectivity index (χ1) is 18.5. The summed E-state index contributed by atoms with van der Waals surface area (Å²) in [5.41, 5.74) is 3.71. The number of ether oxygens (including phenoxy) is 1. The molecule has 1 aliphatic heterocycles. The van der Waals surface area contributed by atoms with Gasteiger partial charge in [-0.1, -0.05) is 23.8 Å². The highest BCUT2D eigenvalue weighted by Gasteiger charge is 2.42. The Labute approximate surface area is 225 Å². The van der Waals surface area contributed by atoms with Gasteiger partial charge in [0, 0.05) is 17.4 Å². The van der Waals surface area contributed by atoms with E-state index in [0.29, 0.717) is 16.6 Å². The van der Waals surface area contributed by atoms with Crippen LogP contribution in [-0.4, -0.2) is 10.1 Å². The van der Waals surface area contributed by atoms with Crippen LogP contribution in [0, 0.1) is 12.7 Å². The zero-order valence-electron chi connectivity index (χ0n) is 20.5. The maximum Gasteiger partial charge on any atom is 0.174 e. The predicted octanol–water partition coefficient (Wildman–Crippen LogP) is 7.76. The number of benzene rings is 3. The van der Waals surface area contributed by atoms with Crippen LogP contribution in [0.3, 0.4) is 0 Å². The summed E-state index contributed by atoms with van der Waals surface area (Å²) in [6.07, 6.45) is 1.77. The zero-order valence-corrected chi connectivity index (χ0v) is 21.4. The average molecular weight is 522 g/mol. The van der Waals surface area contributed by atoms with Gasteiger partial charge in [0.1, 0.15) is 34.9 Å². The molecule has 0 aliphatic carbocycles. The van der Waals surface area contributed by atoms with Crippen LogP contribution in [0.25, 0.3) is 11.3 Å². The average Bonchev–Trinajstić information content (AvgIpc) is 3.56. The van der Waals surface area contributed by atoms with E-state index >= 15 is 0 Å². The Balaban J connectivity index is 1.34. The number of rotatable bonds is 6. The molecule has 5 nitrogen and oxygen atoms in total. The van der Waals surface area contributed by atoms with Gasteiger partial charge in [-0.15, -0.1) is 0 Å². The van der Waals surface area contributed by atoms with Crippen molar-refractivity contribution in [1.29, 1.82) is 0 Å². The van der Waals surface area contributed by atoms with E-state index in [4.69, 9.17) is 21.4 Å². The third-order valence-corrected chi connectivity index (χ3v) is 6.83. The van der Waals surface area contributed by atoms with E-state index in [1.165, 1.54) is 17.7 Å². The van der Waals surface area contributed by atoms with Crippen LogP contribution in [0.4, 0.5) is 10.1 Å². The molecule has 1 saturated heterocycles. The van der Waals surface area contributed by atoms with Crippen molar-refractivity contribution in [2.24, 2.45) is 0 Å². The Kier molecular flexibility index (Phi) is 6.35. The molecule has 0 amide bonds. The second-order valence-corrected chi connectivity index (χ2v) is 9.50. The third kappa shape index (κ3) is 4.76. The summed E-state index contributed by atoms with van der Waals surface area (Å²) in [4.78, 5) is 6.63. The topological polar surface area (TPSA) is 50.5 Å². The molecular weight excluding hydrogens is 497 g/mol. The Hall–Kier alpha value is -4.49. The number of furan rings is 1. The van der Waals surface area contributed by atoms with E-state index in [-0.39, 0.29) is 17.9 Å². The van der Waals surface area contributed by atoms with Crippen molar-refractivity contribution in [2.75, 3.05) is 4.90 Å². The standard InChI is InChI=1S/C31H24FN3O2S/c1-20-5-13-24(14-6-20)36-25-15-11-23(12-16-25)35-30(29(34-31(35)38)26-4-2-3-19-33-26)28-18-17-27(37-28)21-7-9-22(32)10-8-21/h2-19,29-30H,1H3,(H,34,38)/t29-,30+/m0/s1. The van der Waals surface area contributed by atoms with Gasteiger partial charge in [-0.25, -0.2) is 4.39 Å². The highest BCUT2D eigenvalue weighted by atomic mass is 32.1. The molecule has 1 N–H and O–H groups in total. The number of aromatic nitrogens is 1. The van der Waals surface area contributed by atoms with E-state index in [1.54, 1.807) is 18.3 Å². The van der Waals surface area contributed by atoms with Crippen molar-refractivity contribution < 1.29 is 13.5 Å². The SMILES string of the molecule is Cc1ccc(Oc2ccc(N3C(=S)N[C@@H](c4ccccn4)[C@H]3c3ccc(-c4ccc(F)cc4)o3)cc2)cc1. The molecule has 0 bridgehead atoms. The van der Waals surface area contributed by atoms with Crippen LogP contribution in [0.1, 0.15) is 29.1 Å². The van der Waals surface area contributed by atoms with Crippen LogP contribution < -0.4 is 15.0 Å². The lowest BCUT2D eigenvalue weighted by Crippen LogP contribution is -2.29. The van der Waals surface area contributed by atoms with Crippen molar-refractivity contribution in [1.82, 2.24) is 10.3 Å². The summed E-state index contributed by atoms with van der Waals surface area (Å²) >= 11 is 5.81. The van der Waals surface area contributed by atoms with Crippen LogP contribution >= 0.6 is 12.2 Å². The second kappa shape index (κ2) is 10.1. The van der Waals surface area contributed by atoms with Crippen molar-refractivity contribution >= 4 is 23.0 Å². The number of thiocarbonyl (C=S) groups is 1. The van der Waals surface area contributed by atoms with Gasteiger partial charge in [-0.2, -0.15) is 0 Å². The minimum absolute atomic E-state index is 0.237. The molecule has 0 unspecified atom stereocenters. The van der Waals surface area contributed by atoms with Crippen molar-refractivity contribution in [3.05, 3.63) is 132 Å². The molecule has 3 heterocycles. The van der Waals surface area contributed by atoms with Gasteiger partial charge >= 0.3 is 0 Å². The smallest absolute Gasteiger partial charge is 0.174 e. The van der Waals surface area contributed by atoms with Crippen molar-refractivity contribution in [3.8, 4) is 22.8 Å². The number of hydrogen-bond acceptors (Lipinski definition) is 4. The first kappa shape index (κ1) is 23.9.